The highest BCUT2D eigenvalue weighted by Crippen LogP contribution is 2.15. The predicted octanol–water partition coefficient (Wildman–Crippen LogP) is 18.7. The Balaban J connectivity index is 4.36. The van der Waals surface area contributed by atoms with Crippen molar-refractivity contribution < 1.29 is 23.8 Å². The quantitative estimate of drug-likeness (QED) is 0.0346. The Hall–Kier alpha value is -2.66. The highest BCUT2D eigenvalue weighted by Gasteiger charge is 2.17. The minimum Gasteiger partial charge on any atom is -0.462 e. The standard InChI is InChI=1S/C59H104O5/c1-4-7-10-13-16-19-22-25-28-30-32-34-37-40-43-46-49-52-58(60)63-56-57(55-62-54-51-48-45-42-39-36-33-29-26-23-20-17-14-11-8-5-2)64-59(61)53-50-47-44-41-38-35-31-27-24-21-18-15-12-9-6-3/h9,12,18,21,25,27-28,31,38,41,47,50,57H,4-8,10-11,13-17,19-20,22-24,26,29-30,32-37,39-40,42-46,48-49,51-56H2,1-3H3/b12-9-,21-18-,28-25-,31-27-,41-38-,50-47-. The predicted molar refractivity (Wildman–Crippen MR) is 279 cm³/mol. The second-order valence-electron chi connectivity index (χ2n) is 18.1. The number of hydrogen-bond donors (Lipinski definition) is 0. The van der Waals surface area contributed by atoms with E-state index in [-0.39, 0.29) is 31.6 Å². The smallest absolute Gasteiger partial charge is 0.310 e. The number of unbranched alkanes of at least 4 members (excludes halogenated alkanes) is 28. The molecular weight excluding hydrogens is 789 g/mol. The summed E-state index contributed by atoms with van der Waals surface area (Å²) < 4.78 is 17.3. The van der Waals surface area contributed by atoms with E-state index in [9.17, 15) is 9.59 Å². The normalized spacial score (nSPS) is 12.7. The summed E-state index contributed by atoms with van der Waals surface area (Å²) in [6.07, 6.45) is 70.9. The molecular formula is C59H104O5. The van der Waals surface area contributed by atoms with Crippen LogP contribution in [-0.2, 0) is 23.8 Å². The first kappa shape index (κ1) is 61.3. The Labute approximate surface area is 397 Å². The summed E-state index contributed by atoms with van der Waals surface area (Å²) in [6.45, 7) is 7.63. The number of hydrogen-bond acceptors (Lipinski definition) is 5. The van der Waals surface area contributed by atoms with Gasteiger partial charge in [0.15, 0.2) is 6.10 Å². The van der Waals surface area contributed by atoms with Crippen molar-refractivity contribution in [2.24, 2.45) is 0 Å². The van der Waals surface area contributed by atoms with E-state index in [1.54, 1.807) is 0 Å². The SMILES string of the molecule is CC/C=C\C/C=C\C/C=C\C/C=C\C/C=C\CC(=O)OC(COCCCCCCCCCCCCCCCCCC)COC(=O)CCCCCCCCC/C=C\CCCCCCCC. The summed E-state index contributed by atoms with van der Waals surface area (Å²) >= 11 is 0. The van der Waals surface area contributed by atoms with Crippen LogP contribution in [0.1, 0.15) is 265 Å². The lowest BCUT2D eigenvalue weighted by Crippen LogP contribution is -2.29. The first-order valence-electron chi connectivity index (χ1n) is 27.5. The van der Waals surface area contributed by atoms with Crippen LogP contribution in [0.3, 0.4) is 0 Å². The van der Waals surface area contributed by atoms with Crippen LogP contribution in [0.25, 0.3) is 0 Å². The second-order valence-corrected chi connectivity index (χ2v) is 18.1. The molecule has 0 aromatic heterocycles. The summed E-state index contributed by atoms with van der Waals surface area (Å²) in [5, 5.41) is 0. The summed E-state index contributed by atoms with van der Waals surface area (Å²) in [4.78, 5) is 25.4. The summed E-state index contributed by atoms with van der Waals surface area (Å²) in [5.74, 6) is -0.540. The van der Waals surface area contributed by atoms with Gasteiger partial charge in [-0.3, -0.25) is 9.59 Å². The molecule has 0 heterocycles. The number of allylic oxidation sites excluding steroid dienone is 11. The zero-order valence-electron chi connectivity index (χ0n) is 42.5. The third kappa shape index (κ3) is 52.0. The molecule has 0 aromatic carbocycles. The molecule has 0 aromatic rings. The average molecular weight is 893 g/mol. The molecule has 0 bridgehead atoms. The molecule has 1 atom stereocenters. The molecule has 0 radical (unpaired) electrons. The van der Waals surface area contributed by atoms with Crippen molar-refractivity contribution in [3.63, 3.8) is 0 Å². The molecule has 0 amide bonds. The fourth-order valence-corrected chi connectivity index (χ4v) is 7.70. The van der Waals surface area contributed by atoms with Crippen LogP contribution < -0.4 is 0 Å². The number of carbonyl (C=O) groups excluding carboxylic acids is 2. The average Bonchev–Trinajstić information content (AvgIpc) is 3.30. The highest BCUT2D eigenvalue weighted by atomic mass is 16.6. The van der Waals surface area contributed by atoms with E-state index in [0.29, 0.717) is 13.0 Å². The summed E-state index contributed by atoms with van der Waals surface area (Å²) in [7, 11) is 0. The van der Waals surface area contributed by atoms with Gasteiger partial charge in [-0.2, -0.15) is 0 Å². The van der Waals surface area contributed by atoms with Crippen molar-refractivity contribution >= 4 is 11.9 Å². The van der Waals surface area contributed by atoms with Gasteiger partial charge < -0.3 is 14.2 Å². The van der Waals surface area contributed by atoms with Crippen LogP contribution in [0.15, 0.2) is 72.9 Å². The fraction of sp³-hybridized carbons (Fsp3) is 0.763. The van der Waals surface area contributed by atoms with E-state index in [2.05, 4.69) is 81.5 Å². The van der Waals surface area contributed by atoms with Gasteiger partial charge in [0.1, 0.15) is 6.61 Å². The van der Waals surface area contributed by atoms with Crippen molar-refractivity contribution in [3.05, 3.63) is 72.9 Å². The van der Waals surface area contributed by atoms with Gasteiger partial charge in [-0.1, -0.05) is 254 Å². The maximum Gasteiger partial charge on any atom is 0.310 e. The first-order chi connectivity index (χ1) is 31.6. The zero-order valence-corrected chi connectivity index (χ0v) is 42.5. The molecule has 0 spiro atoms. The molecule has 0 aliphatic rings. The molecule has 1 unspecified atom stereocenters. The Morgan fingerprint density at radius 3 is 1.19 bits per heavy atom. The number of carbonyl (C=O) groups is 2. The van der Waals surface area contributed by atoms with Crippen molar-refractivity contribution in [2.75, 3.05) is 19.8 Å². The van der Waals surface area contributed by atoms with Crippen LogP contribution in [-0.4, -0.2) is 37.9 Å². The van der Waals surface area contributed by atoms with Gasteiger partial charge >= 0.3 is 11.9 Å². The van der Waals surface area contributed by atoms with Gasteiger partial charge in [0.2, 0.25) is 0 Å². The van der Waals surface area contributed by atoms with Gasteiger partial charge in [0, 0.05) is 13.0 Å². The monoisotopic (exact) mass is 893 g/mol. The lowest BCUT2D eigenvalue weighted by Gasteiger charge is -2.18. The van der Waals surface area contributed by atoms with Crippen LogP contribution >= 0.6 is 0 Å². The fourth-order valence-electron chi connectivity index (χ4n) is 7.70. The van der Waals surface area contributed by atoms with Gasteiger partial charge in [-0.25, -0.2) is 0 Å². The van der Waals surface area contributed by atoms with E-state index < -0.39 is 6.10 Å². The molecule has 0 saturated carbocycles. The first-order valence-corrected chi connectivity index (χ1v) is 27.5. The Kier molecular flexibility index (Phi) is 52.4. The topological polar surface area (TPSA) is 61.8 Å². The molecule has 0 rings (SSSR count). The van der Waals surface area contributed by atoms with E-state index in [4.69, 9.17) is 14.2 Å². The van der Waals surface area contributed by atoms with Gasteiger partial charge in [-0.15, -0.1) is 0 Å². The summed E-state index contributed by atoms with van der Waals surface area (Å²) in [6, 6.07) is 0. The van der Waals surface area contributed by atoms with Crippen LogP contribution in [0.5, 0.6) is 0 Å². The molecule has 0 fully saturated rings. The third-order valence-corrected chi connectivity index (χ3v) is 11.8. The van der Waals surface area contributed by atoms with Gasteiger partial charge in [-0.05, 0) is 70.6 Å². The van der Waals surface area contributed by atoms with Crippen LogP contribution in [0.4, 0.5) is 0 Å². The molecule has 0 N–H and O–H groups in total. The van der Waals surface area contributed by atoms with Crippen molar-refractivity contribution in [3.8, 4) is 0 Å². The maximum absolute atomic E-state index is 12.8. The van der Waals surface area contributed by atoms with Crippen molar-refractivity contribution in [1.82, 2.24) is 0 Å². The molecule has 5 nitrogen and oxygen atoms in total. The largest absolute Gasteiger partial charge is 0.462 e. The summed E-state index contributed by atoms with van der Waals surface area (Å²) in [5.41, 5.74) is 0. The Bertz CT molecular complexity index is 1150. The molecule has 370 valence electrons. The Morgan fingerprint density at radius 1 is 0.375 bits per heavy atom. The molecule has 5 heteroatoms. The van der Waals surface area contributed by atoms with E-state index >= 15 is 0 Å². The Morgan fingerprint density at radius 2 is 0.750 bits per heavy atom. The van der Waals surface area contributed by atoms with Crippen molar-refractivity contribution in [1.29, 1.82) is 0 Å². The minimum absolute atomic E-state index is 0.0442. The van der Waals surface area contributed by atoms with Gasteiger partial charge in [0.25, 0.3) is 0 Å². The highest BCUT2D eigenvalue weighted by molar-refractivity contribution is 5.71. The van der Waals surface area contributed by atoms with Crippen LogP contribution in [0.2, 0.25) is 0 Å². The maximum atomic E-state index is 12.8. The molecule has 0 aliphatic heterocycles. The van der Waals surface area contributed by atoms with Gasteiger partial charge in [0.05, 0.1) is 13.0 Å². The molecule has 0 aliphatic carbocycles. The van der Waals surface area contributed by atoms with E-state index in [1.807, 2.05) is 12.2 Å². The lowest BCUT2D eigenvalue weighted by molar-refractivity contribution is -0.162. The number of ether oxygens (including phenoxy) is 3. The van der Waals surface area contributed by atoms with Crippen molar-refractivity contribution in [2.45, 2.75) is 271 Å². The van der Waals surface area contributed by atoms with E-state index in [0.717, 1.165) is 64.2 Å². The second kappa shape index (κ2) is 54.7. The molecule has 0 saturated heterocycles. The third-order valence-electron chi connectivity index (χ3n) is 11.8. The molecule has 64 heavy (non-hydrogen) atoms. The zero-order chi connectivity index (χ0) is 46.3. The minimum atomic E-state index is -0.592. The number of esters is 2. The van der Waals surface area contributed by atoms with E-state index in [1.165, 1.54) is 167 Å². The van der Waals surface area contributed by atoms with Crippen LogP contribution in [0, 0.1) is 0 Å². The lowest BCUT2D eigenvalue weighted by atomic mass is 10.0. The number of rotatable bonds is 50.